The molecule has 0 aliphatic carbocycles. The van der Waals surface area contributed by atoms with Crippen LogP contribution < -0.4 is 0 Å². The molecule has 0 spiro atoms. The number of phenols is 6. The fourth-order valence-electron chi connectivity index (χ4n) is 5.79. The van der Waals surface area contributed by atoms with Crippen molar-refractivity contribution in [1.29, 1.82) is 0 Å². The highest BCUT2D eigenvalue weighted by Gasteiger charge is 2.24. The van der Waals surface area contributed by atoms with Gasteiger partial charge >= 0.3 is 0 Å². The molecular weight excluding hydrogens is 757 g/mol. The molecule has 7 rings (SSSR count). The second-order valence-electron chi connectivity index (χ2n) is 13.0. The first-order chi connectivity index (χ1) is 29.3. The van der Waals surface area contributed by atoms with Gasteiger partial charge in [0.25, 0.3) is 0 Å². The minimum Gasteiger partial charge on any atom is -0.507 e. The fraction of sp³-hybridized carbons (Fsp3) is 0. The topological polar surface area (TPSA) is 196 Å². The van der Waals surface area contributed by atoms with E-state index >= 15 is 0 Å². The molecule has 0 heterocycles. The van der Waals surface area contributed by atoms with Crippen LogP contribution in [0.1, 0.15) is 33.4 Å². The lowest BCUT2D eigenvalue weighted by Gasteiger charge is -2.16. The zero-order chi connectivity index (χ0) is 41.8. The lowest BCUT2D eigenvalue weighted by atomic mass is 10.1. The minimum atomic E-state index is -0.0562. The Labute approximate surface area is 344 Å². The first-order valence-electron chi connectivity index (χ1n) is 18.4. The molecule has 0 radical (unpaired) electrons. The third-order valence-corrected chi connectivity index (χ3v) is 8.96. The monoisotopic (exact) mass is 792 g/mol. The van der Waals surface area contributed by atoms with Gasteiger partial charge in [0.2, 0.25) is 0 Å². The molecule has 0 fully saturated rings. The van der Waals surface area contributed by atoms with E-state index in [0.717, 1.165) is 0 Å². The minimum absolute atomic E-state index is 0.0562. The van der Waals surface area contributed by atoms with Gasteiger partial charge in [-0.1, -0.05) is 72.8 Å². The van der Waals surface area contributed by atoms with Crippen LogP contribution in [0.5, 0.6) is 34.5 Å². The van der Waals surface area contributed by atoms with E-state index in [9.17, 15) is 30.6 Å². The summed E-state index contributed by atoms with van der Waals surface area (Å²) in [6.07, 6.45) is 8.50. The predicted octanol–water partition coefficient (Wildman–Crippen LogP) is 10.4. The Hall–Kier alpha value is -8.64. The SMILES string of the molecule is Oc1ccccc1C=Nc1c(N=Cc2ccccc2O)c(N=Cc2ccccc2O)c(N=Cc2ccccc2O)c(N=Cc2ccccc2O)c1N=Cc1ccccc1O. The van der Waals surface area contributed by atoms with E-state index in [1.807, 2.05) is 0 Å². The highest BCUT2D eigenvalue weighted by molar-refractivity contribution is 6.09. The first kappa shape index (κ1) is 39.6. The van der Waals surface area contributed by atoms with Crippen LogP contribution in [-0.2, 0) is 0 Å². The number of para-hydroxylation sites is 6. The number of aromatic hydroxyl groups is 6. The molecule has 0 aliphatic rings. The summed E-state index contributed by atoms with van der Waals surface area (Å²) < 4.78 is 0. The Balaban J connectivity index is 1.65. The Bertz CT molecular complexity index is 2340. The zero-order valence-corrected chi connectivity index (χ0v) is 31.7. The summed E-state index contributed by atoms with van der Waals surface area (Å²) in [7, 11) is 0. The standard InChI is InChI=1S/C48H36N6O6/c55-37-19-7-1-13-31(37)25-49-43-44(50-26-32-14-2-8-20-38(32)56)46(52-28-34-16-4-10-22-40(34)58)48(54-30-36-18-6-12-24-42(36)60)47(53-29-35-17-5-11-23-41(35)59)45(43)51-27-33-15-3-9-21-39(33)57/h1-30,55-60H. The largest absolute Gasteiger partial charge is 0.507 e. The van der Waals surface area contributed by atoms with Crippen LogP contribution in [0.3, 0.4) is 0 Å². The van der Waals surface area contributed by atoms with Crippen LogP contribution >= 0.6 is 0 Å². The van der Waals surface area contributed by atoms with Gasteiger partial charge in [0, 0.05) is 70.7 Å². The summed E-state index contributed by atoms with van der Waals surface area (Å²) in [6.45, 7) is 0. The maximum atomic E-state index is 10.8. The van der Waals surface area contributed by atoms with Gasteiger partial charge in [-0.05, 0) is 72.8 Å². The molecule has 0 saturated heterocycles. The molecule has 0 atom stereocenters. The average Bonchev–Trinajstić information content (AvgIpc) is 3.25. The maximum Gasteiger partial charge on any atom is 0.124 e. The van der Waals surface area contributed by atoms with E-state index in [0.29, 0.717) is 33.4 Å². The summed E-state index contributed by atoms with van der Waals surface area (Å²) in [5, 5.41) is 64.7. The van der Waals surface area contributed by atoms with Crippen LogP contribution in [0.2, 0.25) is 0 Å². The van der Waals surface area contributed by atoms with Crippen LogP contribution in [-0.4, -0.2) is 67.9 Å². The second kappa shape index (κ2) is 18.5. The molecule has 6 N–H and O–H groups in total. The van der Waals surface area contributed by atoms with Crippen molar-refractivity contribution in [2.45, 2.75) is 0 Å². The van der Waals surface area contributed by atoms with Crippen LogP contribution in [0.4, 0.5) is 34.1 Å². The first-order valence-corrected chi connectivity index (χ1v) is 18.4. The highest BCUT2D eigenvalue weighted by atomic mass is 16.3. The normalized spacial score (nSPS) is 12.0. The molecule has 7 aromatic rings. The molecule has 60 heavy (non-hydrogen) atoms. The number of nitrogens with zero attached hydrogens (tertiary/aromatic N) is 6. The molecule has 0 aliphatic heterocycles. The van der Waals surface area contributed by atoms with Gasteiger partial charge in [-0.2, -0.15) is 0 Å². The van der Waals surface area contributed by atoms with E-state index in [2.05, 4.69) is 0 Å². The maximum absolute atomic E-state index is 10.8. The third kappa shape index (κ3) is 9.31. The second-order valence-corrected chi connectivity index (χ2v) is 13.0. The summed E-state index contributed by atoms with van der Waals surface area (Å²) >= 11 is 0. The number of hydrogen-bond acceptors (Lipinski definition) is 12. The molecule has 0 unspecified atom stereocenters. The summed E-state index contributed by atoms with van der Waals surface area (Å²) in [5.74, 6) is -0.337. The Morgan fingerprint density at radius 3 is 0.483 bits per heavy atom. The van der Waals surface area contributed by atoms with Crippen molar-refractivity contribution in [2.75, 3.05) is 0 Å². The van der Waals surface area contributed by atoms with Crippen LogP contribution in [0.15, 0.2) is 176 Å². The molecule has 294 valence electrons. The summed E-state index contributed by atoms with van der Waals surface area (Å²) in [4.78, 5) is 29.2. The number of phenolic OH excluding ortho intramolecular Hbond substituents is 6. The van der Waals surface area contributed by atoms with Gasteiger partial charge in [0.05, 0.1) is 0 Å². The lowest BCUT2D eigenvalue weighted by Crippen LogP contribution is -1.89. The molecular formula is C48H36N6O6. The quantitative estimate of drug-likeness (QED) is 0.0666. The predicted molar refractivity (Wildman–Crippen MR) is 239 cm³/mol. The van der Waals surface area contributed by atoms with Crippen molar-refractivity contribution in [2.24, 2.45) is 30.0 Å². The Morgan fingerprint density at radius 2 is 0.350 bits per heavy atom. The van der Waals surface area contributed by atoms with Crippen LogP contribution in [0.25, 0.3) is 0 Å². The number of aliphatic imine (C=N–C) groups is 6. The molecule has 12 heteroatoms. The van der Waals surface area contributed by atoms with E-state index in [4.69, 9.17) is 30.0 Å². The third-order valence-electron chi connectivity index (χ3n) is 8.96. The molecule has 0 amide bonds. The smallest absolute Gasteiger partial charge is 0.124 e. The molecule has 7 aromatic carbocycles. The van der Waals surface area contributed by atoms with Gasteiger partial charge in [-0.15, -0.1) is 0 Å². The van der Waals surface area contributed by atoms with Gasteiger partial charge in [0.1, 0.15) is 68.6 Å². The fourth-order valence-corrected chi connectivity index (χ4v) is 5.79. The van der Waals surface area contributed by atoms with E-state index in [1.165, 1.54) is 73.7 Å². The van der Waals surface area contributed by atoms with Crippen LogP contribution in [0, 0.1) is 0 Å². The zero-order valence-electron chi connectivity index (χ0n) is 31.7. The van der Waals surface area contributed by atoms with Crippen molar-refractivity contribution >= 4 is 71.4 Å². The molecule has 0 bridgehead atoms. The molecule has 12 nitrogen and oxygen atoms in total. The molecule has 0 saturated carbocycles. The van der Waals surface area contributed by atoms with Crippen molar-refractivity contribution in [3.8, 4) is 34.5 Å². The van der Waals surface area contributed by atoms with Crippen molar-refractivity contribution in [3.05, 3.63) is 179 Å². The van der Waals surface area contributed by atoms with E-state index < -0.39 is 0 Å². The van der Waals surface area contributed by atoms with Gasteiger partial charge < -0.3 is 30.6 Å². The van der Waals surface area contributed by atoms with E-state index in [1.54, 1.807) is 109 Å². The lowest BCUT2D eigenvalue weighted by molar-refractivity contribution is 0.474. The Morgan fingerprint density at radius 1 is 0.217 bits per heavy atom. The molecule has 0 aromatic heterocycles. The Kier molecular flexibility index (Phi) is 12.2. The van der Waals surface area contributed by atoms with E-state index in [-0.39, 0.29) is 68.6 Å². The number of benzene rings is 7. The van der Waals surface area contributed by atoms with Gasteiger partial charge in [0.15, 0.2) is 0 Å². The number of hydrogen-bond donors (Lipinski definition) is 6. The summed E-state index contributed by atoms with van der Waals surface area (Å²) in [5.41, 5.74) is 2.48. The number of rotatable bonds is 12. The van der Waals surface area contributed by atoms with Gasteiger partial charge in [-0.25, -0.2) is 0 Å². The van der Waals surface area contributed by atoms with Gasteiger partial charge in [-0.3, -0.25) is 30.0 Å². The summed E-state index contributed by atoms with van der Waals surface area (Å²) in [6, 6.07) is 39.5. The van der Waals surface area contributed by atoms with Crippen molar-refractivity contribution in [1.82, 2.24) is 0 Å². The van der Waals surface area contributed by atoms with Crippen molar-refractivity contribution in [3.63, 3.8) is 0 Å². The highest BCUT2D eigenvalue weighted by Crippen LogP contribution is 2.57. The van der Waals surface area contributed by atoms with Crippen molar-refractivity contribution < 1.29 is 30.6 Å². The average molecular weight is 793 g/mol.